The lowest BCUT2D eigenvalue weighted by molar-refractivity contribution is -0.209. The van der Waals surface area contributed by atoms with Crippen LogP contribution in [-0.4, -0.2) is 30.6 Å². The van der Waals surface area contributed by atoms with Crippen molar-refractivity contribution in [3.8, 4) is 0 Å². The Kier molecular flexibility index (Phi) is 7.17. The molecule has 0 bridgehead atoms. The molecular formula is C12H22O4. The molecule has 0 aliphatic rings. The molecule has 0 rings (SSSR count). The number of ether oxygens (including phenoxy) is 2. The molecule has 0 amide bonds. The molecule has 0 heterocycles. The number of rotatable bonds is 9. The van der Waals surface area contributed by atoms with E-state index in [9.17, 15) is 9.59 Å². The highest BCUT2D eigenvalue weighted by Gasteiger charge is 2.24. The van der Waals surface area contributed by atoms with E-state index in [0.29, 0.717) is 12.7 Å². The van der Waals surface area contributed by atoms with E-state index in [4.69, 9.17) is 9.47 Å². The largest absolute Gasteiger partial charge is 0.342 e. The van der Waals surface area contributed by atoms with Crippen LogP contribution in [0.15, 0.2) is 0 Å². The fourth-order valence-electron chi connectivity index (χ4n) is 1.10. The van der Waals surface area contributed by atoms with Crippen LogP contribution < -0.4 is 0 Å². The van der Waals surface area contributed by atoms with Crippen LogP contribution in [0.3, 0.4) is 0 Å². The molecule has 0 fully saturated rings. The zero-order chi connectivity index (χ0) is 12.6. The minimum absolute atomic E-state index is 0.250. The van der Waals surface area contributed by atoms with E-state index in [0.717, 1.165) is 12.7 Å². The normalized spacial score (nSPS) is 15.5. The first-order valence-corrected chi connectivity index (χ1v) is 5.71. The Bertz CT molecular complexity index is 213. The van der Waals surface area contributed by atoms with Gasteiger partial charge in [-0.3, -0.25) is 4.79 Å². The summed E-state index contributed by atoms with van der Waals surface area (Å²) in [4.78, 5) is 21.2. The van der Waals surface area contributed by atoms with Crippen LogP contribution in [0, 0.1) is 0 Å². The van der Waals surface area contributed by atoms with Crippen molar-refractivity contribution in [1.29, 1.82) is 0 Å². The van der Waals surface area contributed by atoms with Crippen molar-refractivity contribution in [3.63, 3.8) is 0 Å². The number of hydrogen-bond donors (Lipinski definition) is 0. The molecule has 0 radical (unpaired) electrons. The van der Waals surface area contributed by atoms with E-state index >= 15 is 0 Å². The molecule has 0 aliphatic heterocycles. The first-order chi connectivity index (χ1) is 7.49. The molecule has 0 aromatic carbocycles. The summed E-state index contributed by atoms with van der Waals surface area (Å²) < 4.78 is 10.9. The SMILES string of the molecule is CCC(CC=O)OC(C=O)OC(C)(C)CC. The highest BCUT2D eigenvalue weighted by molar-refractivity contribution is 5.54. The molecule has 4 heteroatoms. The summed E-state index contributed by atoms with van der Waals surface area (Å²) in [5.41, 5.74) is -0.398. The first-order valence-electron chi connectivity index (χ1n) is 5.71. The molecule has 0 saturated carbocycles. The molecule has 0 N–H and O–H groups in total. The van der Waals surface area contributed by atoms with Crippen molar-refractivity contribution in [2.45, 2.75) is 65.0 Å². The van der Waals surface area contributed by atoms with Crippen LogP contribution in [0.25, 0.3) is 0 Å². The second kappa shape index (κ2) is 7.52. The molecule has 2 atom stereocenters. The Labute approximate surface area is 97.3 Å². The predicted octanol–water partition coefficient (Wildman–Crippen LogP) is 2.10. The Morgan fingerprint density at radius 3 is 2.25 bits per heavy atom. The van der Waals surface area contributed by atoms with Crippen molar-refractivity contribution in [3.05, 3.63) is 0 Å². The van der Waals surface area contributed by atoms with Gasteiger partial charge in [0.25, 0.3) is 0 Å². The van der Waals surface area contributed by atoms with Gasteiger partial charge < -0.3 is 14.3 Å². The summed E-state index contributed by atoms with van der Waals surface area (Å²) in [5, 5.41) is 0. The maximum Gasteiger partial charge on any atom is 0.215 e. The quantitative estimate of drug-likeness (QED) is 0.449. The van der Waals surface area contributed by atoms with Gasteiger partial charge in [0.15, 0.2) is 6.29 Å². The highest BCUT2D eigenvalue weighted by Crippen LogP contribution is 2.17. The summed E-state index contributed by atoms with van der Waals surface area (Å²) in [6, 6.07) is 0. The maximum atomic E-state index is 10.8. The third-order valence-electron chi connectivity index (χ3n) is 2.54. The number of aldehydes is 2. The lowest BCUT2D eigenvalue weighted by Gasteiger charge is -2.28. The van der Waals surface area contributed by atoms with Gasteiger partial charge in [-0.1, -0.05) is 13.8 Å². The summed E-state index contributed by atoms with van der Waals surface area (Å²) in [7, 11) is 0. The van der Waals surface area contributed by atoms with Crippen LogP contribution in [0.5, 0.6) is 0 Å². The van der Waals surface area contributed by atoms with Crippen molar-refractivity contribution in [1.82, 2.24) is 0 Å². The lowest BCUT2D eigenvalue weighted by Crippen LogP contribution is -2.35. The van der Waals surface area contributed by atoms with E-state index in [1.54, 1.807) is 0 Å². The van der Waals surface area contributed by atoms with E-state index in [2.05, 4.69) is 0 Å². The molecule has 0 aromatic heterocycles. The first kappa shape index (κ1) is 15.3. The Balaban J connectivity index is 4.27. The van der Waals surface area contributed by atoms with Gasteiger partial charge in [0.2, 0.25) is 6.29 Å². The molecular weight excluding hydrogens is 208 g/mol. The van der Waals surface area contributed by atoms with Crippen LogP contribution in [-0.2, 0) is 19.1 Å². The van der Waals surface area contributed by atoms with Gasteiger partial charge >= 0.3 is 0 Å². The number of carbonyl (C=O) groups excluding carboxylic acids is 2. The van der Waals surface area contributed by atoms with Gasteiger partial charge in [0.1, 0.15) is 6.29 Å². The van der Waals surface area contributed by atoms with Crippen LogP contribution in [0.2, 0.25) is 0 Å². The molecule has 0 saturated heterocycles. The van der Waals surface area contributed by atoms with E-state index in [1.165, 1.54) is 0 Å². The zero-order valence-corrected chi connectivity index (χ0v) is 10.6. The fraction of sp³-hybridized carbons (Fsp3) is 0.833. The van der Waals surface area contributed by atoms with Crippen molar-refractivity contribution >= 4 is 12.6 Å². The third kappa shape index (κ3) is 5.98. The number of hydrogen-bond acceptors (Lipinski definition) is 4. The molecule has 4 nitrogen and oxygen atoms in total. The molecule has 2 unspecified atom stereocenters. The minimum atomic E-state index is -0.889. The standard InChI is InChI=1S/C12H22O4/c1-5-10(7-8-13)15-11(9-14)16-12(3,4)6-2/h8-11H,5-7H2,1-4H3. The number of carbonyl (C=O) groups is 2. The predicted molar refractivity (Wildman–Crippen MR) is 61.2 cm³/mol. The van der Waals surface area contributed by atoms with Crippen LogP contribution in [0.1, 0.15) is 47.0 Å². The monoisotopic (exact) mass is 230 g/mol. The van der Waals surface area contributed by atoms with Crippen molar-refractivity contribution in [2.75, 3.05) is 0 Å². The average Bonchev–Trinajstić information content (AvgIpc) is 2.27. The molecule has 0 aromatic rings. The average molecular weight is 230 g/mol. The summed E-state index contributed by atoms with van der Waals surface area (Å²) in [6.07, 6.45) is 2.03. The van der Waals surface area contributed by atoms with Gasteiger partial charge in [-0.15, -0.1) is 0 Å². The van der Waals surface area contributed by atoms with Gasteiger partial charge in [-0.2, -0.15) is 0 Å². The molecule has 0 aliphatic carbocycles. The smallest absolute Gasteiger partial charge is 0.215 e. The Morgan fingerprint density at radius 1 is 1.25 bits per heavy atom. The Morgan fingerprint density at radius 2 is 1.88 bits per heavy atom. The van der Waals surface area contributed by atoms with Gasteiger partial charge in [0, 0.05) is 6.42 Å². The van der Waals surface area contributed by atoms with Crippen LogP contribution in [0.4, 0.5) is 0 Å². The summed E-state index contributed by atoms with van der Waals surface area (Å²) >= 11 is 0. The topological polar surface area (TPSA) is 52.6 Å². The van der Waals surface area contributed by atoms with Gasteiger partial charge in [0.05, 0.1) is 11.7 Å². The van der Waals surface area contributed by atoms with E-state index in [1.807, 2.05) is 27.7 Å². The minimum Gasteiger partial charge on any atom is -0.342 e. The van der Waals surface area contributed by atoms with E-state index < -0.39 is 11.9 Å². The highest BCUT2D eigenvalue weighted by atomic mass is 16.7. The second-order valence-corrected chi connectivity index (χ2v) is 4.30. The fourth-order valence-corrected chi connectivity index (χ4v) is 1.10. The molecule has 94 valence electrons. The third-order valence-corrected chi connectivity index (χ3v) is 2.54. The molecule has 16 heavy (non-hydrogen) atoms. The van der Waals surface area contributed by atoms with Gasteiger partial charge in [-0.25, -0.2) is 0 Å². The lowest BCUT2D eigenvalue weighted by atomic mass is 10.1. The summed E-state index contributed by atoms with van der Waals surface area (Å²) in [5.74, 6) is 0. The molecule has 0 spiro atoms. The van der Waals surface area contributed by atoms with Crippen molar-refractivity contribution < 1.29 is 19.1 Å². The second-order valence-electron chi connectivity index (χ2n) is 4.30. The summed E-state index contributed by atoms with van der Waals surface area (Å²) in [6.45, 7) is 7.67. The van der Waals surface area contributed by atoms with Gasteiger partial charge in [-0.05, 0) is 26.7 Å². The Hall–Kier alpha value is -0.740. The van der Waals surface area contributed by atoms with Crippen molar-refractivity contribution in [2.24, 2.45) is 0 Å². The van der Waals surface area contributed by atoms with Crippen LogP contribution >= 0.6 is 0 Å². The van der Waals surface area contributed by atoms with E-state index in [-0.39, 0.29) is 12.5 Å². The maximum absolute atomic E-state index is 10.8. The zero-order valence-electron chi connectivity index (χ0n) is 10.6.